The summed E-state index contributed by atoms with van der Waals surface area (Å²) in [6, 6.07) is 6.51. The highest BCUT2D eigenvalue weighted by atomic mass is 32.2. The molecule has 4 nitrogen and oxygen atoms in total. The quantitative estimate of drug-likeness (QED) is 0.590. The second-order valence-corrected chi connectivity index (χ2v) is 3.89. The van der Waals surface area contributed by atoms with E-state index in [0.29, 0.717) is 5.69 Å². The second kappa shape index (κ2) is 2.31. The van der Waals surface area contributed by atoms with E-state index in [1.807, 2.05) is 0 Å². The van der Waals surface area contributed by atoms with E-state index in [1.54, 1.807) is 18.2 Å². The molecule has 0 bridgehead atoms. The highest BCUT2D eigenvalue weighted by molar-refractivity contribution is 7.90. The number of nitrogens with zero attached hydrogens (tertiary/aromatic N) is 2. The summed E-state index contributed by atoms with van der Waals surface area (Å²) >= 11 is 0. The maximum Gasteiger partial charge on any atom is 0.285 e. The van der Waals surface area contributed by atoms with Crippen molar-refractivity contribution in [2.75, 3.05) is 0 Å². The van der Waals surface area contributed by atoms with Crippen LogP contribution in [-0.4, -0.2) is 14.8 Å². The zero-order chi connectivity index (χ0) is 8.60. The molecule has 0 unspecified atom stereocenters. The van der Waals surface area contributed by atoms with Crippen molar-refractivity contribution < 1.29 is 8.42 Å². The van der Waals surface area contributed by atoms with Crippen LogP contribution in [0.5, 0.6) is 0 Å². The van der Waals surface area contributed by atoms with E-state index in [1.165, 1.54) is 6.07 Å². The van der Waals surface area contributed by atoms with Gasteiger partial charge in [0.15, 0.2) is 0 Å². The molecule has 1 radical (unpaired) electrons. The van der Waals surface area contributed by atoms with Gasteiger partial charge in [-0.3, -0.25) is 0 Å². The molecule has 0 fully saturated rings. The molecule has 0 saturated carbocycles. The van der Waals surface area contributed by atoms with Crippen molar-refractivity contribution in [2.24, 2.45) is 4.99 Å². The van der Waals surface area contributed by atoms with Gasteiger partial charge in [-0.25, -0.2) is 4.99 Å². The first-order chi connectivity index (χ1) is 5.70. The fraction of sp³-hybridized carbons (Fsp3) is 0. The minimum atomic E-state index is -3.47. The van der Waals surface area contributed by atoms with Crippen LogP contribution < -0.4 is 4.72 Å². The van der Waals surface area contributed by atoms with Crippen LogP contribution in [-0.2, 0) is 10.0 Å². The number of hydrogen-bond donors (Lipinski definition) is 0. The van der Waals surface area contributed by atoms with Crippen molar-refractivity contribution in [3.8, 4) is 0 Å². The van der Waals surface area contributed by atoms with Gasteiger partial charge in [-0.15, -0.1) is 4.72 Å². The largest absolute Gasteiger partial charge is 0.285 e. The SMILES string of the molecule is O=S1(=O)[N]C=Nc2ccccc21. The Bertz CT molecular complexity index is 436. The number of hydrogen-bond acceptors (Lipinski definition) is 3. The average molecular weight is 181 g/mol. The molecular weight excluding hydrogens is 176 g/mol. The van der Waals surface area contributed by atoms with Gasteiger partial charge in [0.1, 0.15) is 11.2 Å². The molecule has 5 heteroatoms. The predicted molar refractivity (Wildman–Crippen MR) is 43.9 cm³/mol. The van der Waals surface area contributed by atoms with Crippen LogP contribution in [0, 0.1) is 0 Å². The van der Waals surface area contributed by atoms with Crippen LogP contribution >= 0.6 is 0 Å². The highest BCUT2D eigenvalue weighted by Crippen LogP contribution is 2.25. The third kappa shape index (κ3) is 0.984. The Morgan fingerprint density at radius 3 is 2.67 bits per heavy atom. The Morgan fingerprint density at radius 2 is 1.92 bits per heavy atom. The number of sulfonamides is 1. The van der Waals surface area contributed by atoms with Gasteiger partial charge in [0.2, 0.25) is 0 Å². The van der Waals surface area contributed by atoms with Crippen LogP contribution in [0.1, 0.15) is 0 Å². The Balaban J connectivity index is 2.77. The minimum absolute atomic E-state index is 0.174. The molecule has 0 aromatic heterocycles. The molecule has 0 N–H and O–H groups in total. The molecule has 1 heterocycles. The van der Waals surface area contributed by atoms with Gasteiger partial charge in [0.05, 0.1) is 5.69 Å². The van der Waals surface area contributed by atoms with Gasteiger partial charge in [-0.05, 0) is 12.1 Å². The Morgan fingerprint density at radius 1 is 1.17 bits per heavy atom. The molecular formula is C7H5N2O2S. The van der Waals surface area contributed by atoms with Gasteiger partial charge < -0.3 is 0 Å². The third-order valence-corrected chi connectivity index (χ3v) is 2.80. The van der Waals surface area contributed by atoms with Gasteiger partial charge in [0.25, 0.3) is 10.0 Å². The molecule has 1 aromatic carbocycles. The van der Waals surface area contributed by atoms with E-state index in [4.69, 9.17) is 0 Å². The smallest absolute Gasteiger partial charge is 0.235 e. The lowest BCUT2D eigenvalue weighted by molar-refractivity contribution is 0.591. The second-order valence-electron chi connectivity index (χ2n) is 2.29. The van der Waals surface area contributed by atoms with Crippen LogP contribution in [0.15, 0.2) is 34.2 Å². The zero-order valence-corrected chi connectivity index (χ0v) is 6.82. The molecule has 1 aromatic rings. The fourth-order valence-corrected chi connectivity index (χ4v) is 1.91. The third-order valence-electron chi connectivity index (χ3n) is 1.53. The normalized spacial score (nSPS) is 18.0. The van der Waals surface area contributed by atoms with Crippen molar-refractivity contribution >= 4 is 22.0 Å². The van der Waals surface area contributed by atoms with Crippen molar-refractivity contribution in [3.05, 3.63) is 24.3 Å². The highest BCUT2D eigenvalue weighted by Gasteiger charge is 2.21. The monoisotopic (exact) mass is 181 g/mol. The molecule has 0 amide bonds. The number of rotatable bonds is 0. The van der Waals surface area contributed by atoms with Gasteiger partial charge in [-0.2, -0.15) is 8.42 Å². The van der Waals surface area contributed by atoms with Crippen LogP contribution in [0.2, 0.25) is 0 Å². The standard InChI is InChI=1S/C7H5N2O2S/c10-12(11)7-4-2-1-3-6(7)8-5-9-12/h1-5H. The molecule has 12 heavy (non-hydrogen) atoms. The van der Waals surface area contributed by atoms with Gasteiger partial charge in [-0.1, -0.05) is 12.1 Å². The van der Waals surface area contributed by atoms with E-state index >= 15 is 0 Å². The molecule has 1 aliphatic heterocycles. The van der Waals surface area contributed by atoms with E-state index in [-0.39, 0.29) is 4.90 Å². The topological polar surface area (TPSA) is 60.6 Å². The average Bonchev–Trinajstić information content (AvgIpc) is 2.04. The molecule has 0 spiro atoms. The summed E-state index contributed by atoms with van der Waals surface area (Å²) in [5.41, 5.74) is 0.451. The number of benzene rings is 1. The molecule has 1 aliphatic rings. The number of aliphatic imine (C=N–C) groups is 1. The summed E-state index contributed by atoms with van der Waals surface area (Å²) < 4.78 is 25.7. The zero-order valence-electron chi connectivity index (χ0n) is 6.01. The summed E-state index contributed by atoms with van der Waals surface area (Å²) in [6.07, 6.45) is 1.05. The van der Waals surface area contributed by atoms with Crippen molar-refractivity contribution in [1.29, 1.82) is 0 Å². The summed E-state index contributed by atoms with van der Waals surface area (Å²) in [4.78, 5) is 3.99. The number of fused-ring (bicyclic) bond motifs is 1. The Labute approximate surface area is 70.0 Å². The summed E-state index contributed by atoms with van der Waals surface area (Å²) in [7, 11) is -3.47. The molecule has 61 valence electrons. The predicted octanol–water partition coefficient (Wildman–Crippen LogP) is 0.653. The summed E-state index contributed by atoms with van der Waals surface area (Å²) in [5.74, 6) is 0. The van der Waals surface area contributed by atoms with Crippen molar-refractivity contribution in [2.45, 2.75) is 4.90 Å². The Kier molecular flexibility index (Phi) is 1.41. The summed E-state index contributed by atoms with van der Waals surface area (Å²) in [6.45, 7) is 0. The lowest BCUT2D eigenvalue weighted by Gasteiger charge is -2.07. The fourth-order valence-electron chi connectivity index (χ4n) is 0.987. The van der Waals surface area contributed by atoms with Crippen molar-refractivity contribution in [3.63, 3.8) is 0 Å². The first-order valence-corrected chi connectivity index (χ1v) is 4.73. The van der Waals surface area contributed by atoms with Gasteiger partial charge in [0, 0.05) is 0 Å². The minimum Gasteiger partial charge on any atom is -0.235 e. The first-order valence-electron chi connectivity index (χ1n) is 3.29. The maximum atomic E-state index is 11.2. The number of para-hydroxylation sites is 1. The van der Waals surface area contributed by atoms with Crippen molar-refractivity contribution in [1.82, 2.24) is 4.72 Å². The molecule has 2 rings (SSSR count). The van der Waals surface area contributed by atoms with E-state index in [9.17, 15) is 8.42 Å². The van der Waals surface area contributed by atoms with Crippen LogP contribution in [0.4, 0.5) is 5.69 Å². The van der Waals surface area contributed by atoms with Gasteiger partial charge >= 0.3 is 0 Å². The lowest BCUT2D eigenvalue weighted by atomic mass is 10.3. The van der Waals surface area contributed by atoms with E-state index in [0.717, 1.165) is 6.34 Å². The Hall–Kier alpha value is -1.36. The molecule has 0 aliphatic carbocycles. The van der Waals surface area contributed by atoms with E-state index < -0.39 is 10.0 Å². The maximum absolute atomic E-state index is 11.2. The van der Waals surface area contributed by atoms with E-state index in [2.05, 4.69) is 9.71 Å². The lowest BCUT2D eigenvalue weighted by Crippen LogP contribution is -2.17. The van der Waals surface area contributed by atoms with Crippen LogP contribution in [0.25, 0.3) is 0 Å². The first kappa shape index (κ1) is 7.30. The molecule has 0 atom stereocenters. The summed E-state index contributed by atoms with van der Waals surface area (Å²) in [5, 5.41) is 0. The van der Waals surface area contributed by atoms with Crippen LogP contribution in [0.3, 0.4) is 0 Å². The molecule has 0 saturated heterocycles.